The summed E-state index contributed by atoms with van der Waals surface area (Å²) in [6.45, 7) is 10.1. The largest absolute Gasteiger partial charge is 0.353 e. The van der Waals surface area contributed by atoms with Crippen molar-refractivity contribution in [3.8, 4) is 0 Å². The highest BCUT2D eigenvalue weighted by Crippen LogP contribution is 2.28. The molecule has 2 aliphatic heterocycles. The molecule has 0 aliphatic carbocycles. The second kappa shape index (κ2) is 5.48. The molecule has 0 saturated carbocycles. The van der Waals surface area contributed by atoms with Crippen LogP contribution in [0.4, 0.5) is 0 Å². The van der Waals surface area contributed by atoms with Gasteiger partial charge in [0.2, 0.25) is 0 Å². The van der Waals surface area contributed by atoms with Crippen molar-refractivity contribution >= 4 is 0 Å². The Kier molecular flexibility index (Phi) is 4.22. The summed E-state index contributed by atoms with van der Waals surface area (Å²) >= 11 is 0. The molecule has 2 saturated heterocycles. The van der Waals surface area contributed by atoms with E-state index >= 15 is 0 Å². The van der Waals surface area contributed by atoms with E-state index in [1.54, 1.807) is 0 Å². The van der Waals surface area contributed by atoms with Crippen LogP contribution < -0.4 is 0 Å². The number of hydrogen-bond acceptors (Lipinski definition) is 3. The fourth-order valence-electron chi connectivity index (χ4n) is 2.73. The fraction of sp³-hybridized carbons (Fsp3) is 1.00. The summed E-state index contributed by atoms with van der Waals surface area (Å²) < 4.78 is 11.1. The van der Waals surface area contributed by atoms with Crippen molar-refractivity contribution in [2.75, 3.05) is 32.8 Å². The van der Waals surface area contributed by atoms with E-state index in [4.69, 9.17) is 9.47 Å². The molecule has 0 aromatic heterocycles. The van der Waals surface area contributed by atoms with Crippen LogP contribution in [0.2, 0.25) is 0 Å². The molecular weight excluding hydrogens is 202 g/mol. The molecule has 2 fully saturated rings. The minimum absolute atomic E-state index is 0.0544. The predicted octanol–water partition coefficient (Wildman–Crippen LogP) is 2.26. The average Bonchev–Trinajstić information content (AvgIpc) is 2.27. The van der Waals surface area contributed by atoms with Gasteiger partial charge in [-0.3, -0.25) is 0 Å². The minimum atomic E-state index is 0.0544. The van der Waals surface area contributed by atoms with E-state index in [0.29, 0.717) is 5.41 Å². The van der Waals surface area contributed by atoms with Gasteiger partial charge < -0.3 is 14.4 Å². The number of likely N-dealkylation sites (tertiary alicyclic amines) is 1. The maximum Gasteiger partial charge on any atom is 0.158 e. The number of nitrogens with zero attached hydrogens (tertiary/aromatic N) is 1. The molecule has 0 spiro atoms. The predicted molar refractivity (Wildman–Crippen MR) is 64.4 cm³/mol. The van der Waals surface area contributed by atoms with E-state index in [1.165, 1.54) is 25.9 Å². The van der Waals surface area contributed by atoms with Crippen LogP contribution in [0.3, 0.4) is 0 Å². The Morgan fingerprint density at radius 3 is 2.62 bits per heavy atom. The van der Waals surface area contributed by atoms with Crippen molar-refractivity contribution < 1.29 is 9.47 Å². The van der Waals surface area contributed by atoms with E-state index in [-0.39, 0.29) is 6.29 Å². The van der Waals surface area contributed by atoms with Gasteiger partial charge in [-0.1, -0.05) is 13.8 Å². The standard InChI is InChI=1S/C13H25NO2/c1-13(2)6-3-7-14(11-13)8-5-12-15-9-4-10-16-12/h12H,3-11H2,1-2H3. The Morgan fingerprint density at radius 1 is 1.19 bits per heavy atom. The first-order valence-electron chi connectivity index (χ1n) is 6.61. The lowest BCUT2D eigenvalue weighted by atomic mass is 9.84. The van der Waals surface area contributed by atoms with E-state index < -0.39 is 0 Å². The Labute approximate surface area is 99.1 Å². The van der Waals surface area contributed by atoms with Crippen molar-refractivity contribution in [2.24, 2.45) is 5.41 Å². The first kappa shape index (κ1) is 12.3. The van der Waals surface area contributed by atoms with Crippen LogP contribution >= 0.6 is 0 Å². The second-order valence-corrected chi connectivity index (χ2v) is 5.86. The van der Waals surface area contributed by atoms with Gasteiger partial charge in [0, 0.05) is 19.5 Å². The maximum atomic E-state index is 5.57. The van der Waals surface area contributed by atoms with Gasteiger partial charge in [-0.2, -0.15) is 0 Å². The van der Waals surface area contributed by atoms with Crippen molar-refractivity contribution in [3.63, 3.8) is 0 Å². The molecule has 2 heterocycles. The lowest BCUT2D eigenvalue weighted by Gasteiger charge is -2.38. The molecule has 2 rings (SSSR count). The molecule has 94 valence electrons. The van der Waals surface area contributed by atoms with Crippen molar-refractivity contribution in [1.29, 1.82) is 0 Å². The van der Waals surface area contributed by atoms with Crippen LogP contribution in [-0.4, -0.2) is 44.0 Å². The average molecular weight is 227 g/mol. The quantitative estimate of drug-likeness (QED) is 0.738. The van der Waals surface area contributed by atoms with E-state index in [9.17, 15) is 0 Å². The third kappa shape index (κ3) is 3.72. The molecule has 0 bridgehead atoms. The fourth-order valence-corrected chi connectivity index (χ4v) is 2.73. The Balaban J connectivity index is 1.68. The monoisotopic (exact) mass is 227 g/mol. The van der Waals surface area contributed by atoms with Crippen LogP contribution in [0.1, 0.15) is 39.5 Å². The SMILES string of the molecule is CC1(C)CCCN(CCC2OCCCO2)C1. The van der Waals surface area contributed by atoms with E-state index in [2.05, 4.69) is 18.7 Å². The highest BCUT2D eigenvalue weighted by atomic mass is 16.7. The van der Waals surface area contributed by atoms with Gasteiger partial charge >= 0.3 is 0 Å². The molecule has 16 heavy (non-hydrogen) atoms. The van der Waals surface area contributed by atoms with E-state index in [1.807, 2.05) is 0 Å². The molecule has 2 aliphatic rings. The first-order chi connectivity index (χ1) is 7.66. The van der Waals surface area contributed by atoms with Crippen molar-refractivity contribution in [3.05, 3.63) is 0 Å². The van der Waals surface area contributed by atoms with Crippen LogP contribution in [-0.2, 0) is 9.47 Å². The van der Waals surface area contributed by atoms with Gasteiger partial charge in [-0.25, -0.2) is 0 Å². The number of ether oxygens (including phenoxy) is 2. The van der Waals surface area contributed by atoms with E-state index in [0.717, 1.165) is 32.6 Å². The minimum Gasteiger partial charge on any atom is -0.353 e. The Morgan fingerprint density at radius 2 is 1.94 bits per heavy atom. The summed E-state index contributed by atoms with van der Waals surface area (Å²) in [6, 6.07) is 0. The van der Waals surface area contributed by atoms with Crippen molar-refractivity contribution in [2.45, 2.75) is 45.8 Å². The van der Waals surface area contributed by atoms with Gasteiger partial charge in [-0.15, -0.1) is 0 Å². The third-order valence-corrected chi connectivity index (χ3v) is 3.56. The second-order valence-electron chi connectivity index (χ2n) is 5.86. The summed E-state index contributed by atoms with van der Waals surface area (Å²) in [7, 11) is 0. The molecule has 3 heteroatoms. The molecule has 0 aromatic carbocycles. The summed E-state index contributed by atoms with van der Waals surface area (Å²) in [5.41, 5.74) is 0.493. The van der Waals surface area contributed by atoms with Crippen LogP contribution in [0.15, 0.2) is 0 Å². The van der Waals surface area contributed by atoms with Gasteiger partial charge in [0.25, 0.3) is 0 Å². The lowest BCUT2D eigenvalue weighted by Crippen LogP contribution is -2.41. The number of piperidine rings is 1. The number of hydrogen-bond donors (Lipinski definition) is 0. The summed E-state index contributed by atoms with van der Waals surface area (Å²) in [5, 5.41) is 0. The molecule has 0 unspecified atom stereocenters. The van der Waals surface area contributed by atoms with Gasteiger partial charge in [0.1, 0.15) is 0 Å². The number of rotatable bonds is 3. The summed E-state index contributed by atoms with van der Waals surface area (Å²) in [6.07, 6.45) is 4.82. The van der Waals surface area contributed by atoms with Crippen LogP contribution in [0.25, 0.3) is 0 Å². The highest BCUT2D eigenvalue weighted by molar-refractivity contribution is 4.79. The van der Waals surface area contributed by atoms with Gasteiger partial charge in [0.05, 0.1) is 13.2 Å². The normalized spacial score (nSPS) is 28.1. The lowest BCUT2D eigenvalue weighted by molar-refractivity contribution is -0.183. The molecule has 0 aromatic rings. The molecule has 0 radical (unpaired) electrons. The summed E-state index contributed by atoms with van der Waals surface area (Å²) in [4.78, 5) is 2.56. The molecule has 0 atom stereocenters. The topological polar surface area (TPSA) is 21.7 Å². The third-order valence-electron chi connectivity index (χ3n) is 3.56. The van der Waals surface area contributed by atoms with Gasteiger partial charge in [-0.05, 0) is 31.2 Å². The van der Waals surface area contributed by atoms with Crippen LogP contribution in [0, 0.1) is 5.41 Å². The zero-order chi connectivity index (χ0) is 11.4. The highest BCUT2D eigenvalue weighted by Gasteiger charge is 2.26. The summed E-state index contributed by atoms with van der Waals surface area (Å²) in [5.74, 6) is 0. The zero-order valence-electron chi connectivity index (χ0n) is 10.7. The smallest absolute Gasteiger partial charge is 0.158 e. The molecule has 0 amide bonds. The van der Waals surface area contributed by atoms with Crippen molar-refractivity contribution in [1.82, 2.24) is 4.90 Å². The first-order valence-corrected chi connectivity index (χ1v) is 6.61. The zero-order valence-corrected chi connectivity index (χ0v) is 10.7. The molecular formula is C13H25NO2. The molecule has 0 N–H and O–H groups in total. The molecule has 3 nitrogen and oxygen atoms in total. The van der Waals surface area contributed by atoms with Gasteiger partial charge in [0.15, 0.2) is 6.29 Å². The Hall–Kier alpha value is -0.120. The maximum absolute atomic E-state index is 5.57. The van der Waals surface area contributed by atoms with Crippen LogP contribution in [0.5, 0.6) is 0 Å². The Bertz CT molecular complexity index is 212.